The first kappa shape index (κ1) is 13.3. The first-order valence-corrected chi connectivity index (χ1v) is 6.59. The predicted molar refractivity (Wildman–Crippen MR) is 82.7 cm³/mol. The molecule has 96 valence electrons. The Morgan fingerprint density at radius 3 is 2.21 bits per heavy atom. The van der Waals surface area contributed by atoms with E-state index < -0.39 is 0 Å². The Hall–Kier alpha value is -2.15. The van der Waals surface area contributed by atoms with Crippen molar-refractivity contribution in [2.24, 2.45) is 4.99 Å². The number of allylic oxidation sites excluding steroid dienone is 1. The summed E-state index contributed by atoms with van der Waals surface area (Å²) in [7, 11) is 0. The van der Waals surface area contributed by atoms with Crippen LogP contribution in [0.4, 0.5) is 0 Å². The molecule has 0 fully saturated rings. The van der Waals surface area contributed by atoms with Gasteiger partial charge in [0.15, 0.2) is 0 Å². The molecule has 0 radical (unpaired) electrons. The van der Waals surface area contributed by atoms with Gasteiger partial charge in [0, 0.05) is 12.1 Å². The van der Waals surface area contributed by atoms with Gasteiger partial charge in [-0.05, 0) is 18.1 Å². The number of benzene rings is 2. The first-order chi connectivity index (χ1) is 9.31. The van der Waals surface area contributed by atoms with E-state index in [1.165, 1.54) is 11.1 Å². The van der Waals surface area contributed by atoms with Crippen LogP contribution in [0.3, 0.4) is 0 Å². The topological polar surface area (TPSA) is 12.4 Å². The zero-order valence-corrected chi connectivity index (χ0v) is 11.3. The van der Waals surface area contributed by atoms with Crippen LogP contribution >= 0.6 is 0 Å². The van der Waals surface area contributed by atoms with E-state index in [9.17, 15) is 0 Å². The third kappa shape index (κ3) is 3.65. The van der Waals surface area contributed by atoms with Gasteiger partial charge in [0.25, 0.3) is 0 Å². The van der Waals surface area contributed by atoms with Crippen molar-refractivity contribution >= 4 is 5.71 Å². The fourth-order valence-electron chi connectivity index (χ4n) is 2.05. The predicted octanol–water partition coefficient (Wildman–Crippen LogP) is 4.81. The van der Waals surface area contributed by atoms with Gasteiger partial charge in [0.2, 0.25) is 0 Å². The monoisotopic (exact) mass is 249 g/mol. The third-order valence-corrected chi connectivity index (χ3v) is 3.08. The van der Waals surface area contributed by atoms with Crippen LogP contribution in [0.5, 0.6) is 0 Å². The normalized spacial score (nSPS) is 13.0. The molecule has 1 unspecified atom stereocenters. The average Bonchev–Trinajstić information content (AvgIpc) is 2.48. The summed E-state index contributed by atoms with van der Waals surface area (Å²) in [5.74, 6) is 0. The largest absolute Gasteiger partial charge is 0.281 e. The Morgan fingerprint density at radius 2 is 1.63 bits per heavy atom. The first-order valence-electron chi connectivity index (χ1n) is 6.59. The molecule has 0 bridgehead atoms. The molecule has 0 heterocycles. The van der Waals surface area contributed by atoms with Crippen molar-refractivity contribution in [2.75, 3.05) is 0 Å². The lowest BCUT2D eigenvalue weighted by Gasteiger charge is -2.11. The molecule has 0 N–H and O–H groups in total. The van der Waals surface area contributed by atoms with E-state index in [1.54, 1.807) is 0 Å². The molecule has 1 nitrogen and oxygen atoms in total. The van der Waals surface area contributed by atoms with Gasteiger partial charge in [-0.1, -0.05) is 66.7 Å². The number of rotatable bonds is 5. The van der Waals surface area contributed by atoms with Crippen molar-refractivity contribution in [3.8, 4) is 0 Å². The summed E-state index contributed by atoms with van der Waals surface area (Å²) < 4.78 is 0. The van der Waals surface area contributed by atoms with Crippen LogP contribution in [0.1, 0.15) is 30.5 Å². The summed E-state index contributed by atoms with van der Waals surface area (Å²) >= 11 is 0. The summed E-state index contributed by atoms with van der Waals surface area (Å²) in [6.45, 7) is 5.95. The summed E-state index contributed by atoms with van der Waals surface area (Å²) in [4.78, 5) is 4.85. The molecule has 2 rings (SSSR count). The molecule has 1 heteroatoms. The zero-order valence-electron chi connectivity index (χ0n) is 11.3. The van der Waals surface area contributed by atoms with Crippen LogP contribution in [-0.2, 0) is 0 Å². The number of hydrogen-bond donors (Lipinski definition) is 0. The standard InChI is InChI=1S/C18H19N/c1-3-10-18(17-13-8-5-9-14-17)19-15(2)16-11-6-4-7-12-16/h3-9,11-15H,1,10H2,2H3. The maximum absolute atomic E-state index is 4.85. The second kappa shape index (κ2) is 6.69. The summed E-state index contributed by atoms with van der Waals surface area (Å²) in [6.07, 6.45) is 2.70. The molecule has 19 heavy (non-hydrogen) atoms. The SMILES string of the molecule is C=CCC(=NC(C)c1ccccc1)c1ccccc1. The molecule has 2 aromatic rings. The molecule has 0 aliphatic carbocycles. The lowest BCUT2D eigenvalue weighted by molar-refractivity contribution is 0.817. The summed E-state index contributed by atoms with van der Waals surface area (Å²) in [5, 5.41) is 0. The quantitative estimate of drug-likeness (QED) is 0.532. The highest BCUT2D eigenvalue weighted by Gasteiger charge is 2.06. The Bertz CT molecular complexity index is 540. The molecule has 0 saturated carbocycles. The molecule has 0 aliphatic heterocycles. The number of nitrogens with zero attached hydrogens (tertiary/aromatic N) is 1. The Kier molecular flexibility index (Phi) is 4.68. The van der Waals surface area contributed by atoms with Crippen molar-refractivity contribution in [3.05, 3.63) is 84.4 Å². The van der Waals surface area contributed by atoms with E-state index in [4.69, 9.17) is 4.99 Å². The molecular weight excluding hydrogens is 230 g/mol. The molecule has 0 amide bonds. The van der Waals surface area contributed by atoms with Crippen LogP contribution in [0.15, 0.2) is 78.3 Å². The fourth-order valence-corrected chi connectivity index (χ4v) is 2.05. The Balaban J connectivity index is 2.29. The van der Waals surface area contributed by atoms with Gasteiger partial charge in [-0.15, -0.1) is 6.58 Å². The lowest BCUT2D eigenvalue weighted by Crippen LogP contribution is -2.02. The van der Waals surface area contributed by atoms with E-state index >= 15 is 0 Å². The minimum atomic E-state index is 0.163. The van der Waals surface area contributed by atoms with E-state index in [0.717, 1.165) is 12.1 Å². The Labute approximate surface area is 115 Å². The summed E-state index contributed by atoms with van der Waals surface area (Å²) in [5.41, 5.74) is 3.50. The minimum Gasteiger partial charge on any atom is -0.281 e. The third-order valence-electron chi connectivity index (χ3n) is 3.08. The van der Waals surface area contributed by atoms with Crippen LogP contribution < -0.4 is 0 Å². The van der Waals surface area contributed by atoms with Crippen molar-refractivity contribution in [3.63, 3.8) is 0 Å². The van der Waals surface area contributed by atoms with Gasteiger partial charge in [-0.3, -0.25) is 4.99 Å². The van der Waals surface area contributed by atoms with Gasteiger partial charge in [0.1, 0.15) is 0 Å². The highest BCUT2D eigenvalue weighted by Crippen LogP contribution is 2.18. The van der Waals surface area contributed by atoms with E-state index in [1.807, 2.05) is 30.3 Å². The fraction of sp³-hybridized carbons (Fsp3) is 0.167. The molecule has 0 aliphatic rings. The van der Waals surface area contributed by atoms with Gasteiger partial charge < -0.3 is 0 Å². The highest BCUT2D eigenvalue weighted by atomic mass is 14.8. The van der Waals surface area contributed by atoms with Crippen molar-refractivity contribution in [1.29, 1.82) is 0 Å². The Morgan fingerprint density at radius 1 is 1.05 bits per heavy atom. The molecule has 2 aromatic carbocycles. The van der Waals surface area contributed by atoms with Gasteiger partial charge in [-0.2, -0.15) is 0 Å². The van der Waals surface area contributed by atoms with Crippen molar-refractivity contribution < 1.29 is 0 Å². The highest BCUT2D eigenvalue weighted by molar-refractivity contribution is 6.01. The van der Waals surface area contributed by atoms with Crippen LogP contribution in [0.25, 0.3) is 0 Å². The summed E-state index contributed by atoms with van der Waals surface area (Å²) in [6, 6.07) is 20.8. The molecule has 0 spiro atoms. The average molecular weight is 249 g/mol. The van der Waals surface area contributed by atoms with E-state index in [2.05, 4.69) is 49.9 Å². The smallest absolute Gasteiger partial charge is 0.0724 e. The van der Waals surface area contributed by atoms with Crippen molar-refractivity contribution in [2.45, 2.75) is 19.4 Å². The van der Waals surface area contributed by atoms with Crippen LogP contribution in [0, 0.1) is 0 Å². The maximum atomic E-state index is 4.85. The second-order valence-electron chi connectivity index (χ2n) is 4.52. The number of aliphatic imine (C=N–C) groups is 1. The van der Waals surface area contributed by atoms with Crippen molar-refractivity contribution in [1.82, 2.24) is 0 Å². The molecule has 1 atom stereocenters. The lowest BCUT2D eigenvalue weighted by atomic mass is 10.1. The van der Waals surface area contributed by atoms with Gasteiger partial charge in [-0.25, -0.2) is 0 Å². The maximum Gasteiger partial charge on any atom is 0.0724 e. The van der Waals surface area contributed by atoms with E-state index in [-0.39, 0.29) is 6.04 Å². The number of hydrogen-bond acceptors (Lipinski definition) is 1. The van der Waals surface area contributed by atoms with Gasteiger partial charge >= 0.3 is 0 Å². The van der Waals surface area contributed by atoms with E-state index in [0.29, 0.717) is 0 Å². The molecule has 0 saturated heterocycles. The second-order valence-corrected chi connectivity index (χ2v) is 4.52. The van der Waals surface area contributed by atoms with Gasteiger partial charge in [0.05, 0.1) is 6.04 Å². The van der Waals surface area contributed by atoms with Crippen LogP contribution in [-0.4, -0.2) is 5.71 Å². The zero-order chi connectivity index (χ0) is 13.5. The molecular formula is C18H19N. The van der Waals surface area contributed by atoms with Crippen LogP contribution in [0.2, 0.25) is 0 Å². The minimum absolute atomic E-state index is 0.163. The molecule has 0 aromatic heterocycles.